The van der Waals surface area contributed by atoms with E-state index in [4.69, 9.17) is 14.2 Å². The molecule has 0 aliphatic carbocycles. The van der Waals surface area contributed by atoms with Gasteiger partial charge < -0.3 is 34.0 Å². The van der Waals surface area contributed by atoms with Crippen LogP contribution in [0.3, 0.4) is 0 Å². The first-order chi connectivity index (χ1) is 18.2. The number of hydrogen-bond donors (Lipinski definition) is 1. The van der Waals surface area contributed by atoms with Gasteiger partial charge in [-0.2, -0.15) is 0 Å². The molecular formula is C25H23F3N4O6. The van der Waals surface area contributed by atoms with Gasteiger partial charge in [-0.15, -0.1) is 13.2 Å². The van der Waals surface area contributed by atoms with Gasteiger partial charge >= 0.3 is 18.2 Å². The summed E-state index contributed by atoms with van der Waals surface area (Å²) in [6.45, 7) is 0.767. The molecule has 10 nitrogen and oxygen atoms in total. The van der Waals surface area contributed by atoms with Crippen LogP contribution in [0.25, 0.3) is 10.9 Å². The number of imidazole rings is 1. The van der Waals surface area contributed by atoms with Gasteiger partial charge in [-0.05, 0) is 66.3 Å². The van der Waals surface area contributed by atoms with E-state index in [0.29, 0.717) is 37.3 Å². The molecule has 0 amide bonds. The van der Waals surface area contributed by atoms with Crippen molar-refractivity contribution in [3.8, 4) is 23.3 Å². The molecular weight excluding hydrogens is 509 g/mol. The molecule has 1 aliphatic heterocycles. The van der Waals surface area contributed by atoms with E-state index in [-0.39, 0.29) is 24.2 Å². The second-order valence-electron chi connectivity index (χ2n) is 8.67. The number of aryl methyl sites for hydroxylation is 1. The van der Waals surface area contributed by atoms with Crippen molar-refractivity contribution in [2.75, 3.05) is 6.61 Å². The number of ether oxygens (including phenoxy) is 4. The lowest BCUT2D eigenvalue weighted by molar-refractivity contribution is -0.389. The van der Waals surface area contributed by atoms with E-state index < -0.39 is 23.5 Å². The number of H-pyrrole nitrogens is 1. The number of fused-ring (bicyclic) bond motifs is 2. The van der Waals surface area contributed by atoms with Gasteiger partial charge in [0.15, 0.2) is 0 Å². The fraction of sp³-hybridized carbons (Fsp3) is 0.320. The van der Waals surface area contributed by atoms with Gasteiger partial charge in [0.1, 0.15) is 35.7 Å². The topological polar surface area (TPSA) is 114 Å². The van der Waals surface area contributed by atoms with Crippen LogP contribution in [0, 0.1) is 10.1 Å². The maximum Gasteiger partial charge on any atom is 0.573 e. The summed E-state index contributed by atoms with van der Waals surface area (Å²) >= 11 is 0. The molecule has 0 spiro atoms. The van der Waals surface area contributed by atoms with Gasteiger partial charge in [-0.25, -0.2) is 0 Å². The van der Waals surface area contributed by atoms with Crippen LogP contribution in [0.5, 0.6) is 23.3 Å². The Hall–Kier alpha value is -4.42. The number of nitrogens with one attached hydrogen (secondary N) is 1. The molecule has 1 unspecified atom stereocenters. The number of nitrogens with zero attached hydrogens (tertiary/aromatic N) is 3. The van der Waals surface area contributed by atoms with Crippen LogP contribution in [0.2, 0.25) is 0 Å². The fourth-order valence-corrected chi connectivity index (χ4v) is 4.26. The third kappa shape index (κ3) is 6.10. The summed E-state index contributed by atoms with van der Waals surface area (Å²) in [6.07, 6.45) is -0.777. The maximum atomic E-state index is 12.3. The van der Waals surface area contributed by atoms with Crippen molar-refractivity contribution in [3.63, 3.8) is 0 Å². The van der Waals surface area contributed by atoms with Crippen LogP contribution in [0.15, 0.2) is 60.9 Å². The Morgan fingerprint density at radius 3 is 2.68 bits per heavy atom. The van der Waals surface area contributed by atoms with E-state index in [9.17, 15) is 23.3 Å². The van der Waals surface area contributed by atoms with E-state index in [2.05, 4.69) is 14.7 Å². The highest BCUT2D eigenvalue weighted by molar-refractivity contribution is 5.80. The zero-order chi connectivity index (χ0) is 26.7. The van der Waals surface area contributed by atoms with Crippen molar-refractivity contribution in [1.29, 1.82) is 0 Å². The number of nitro groups is 1. The minimum atomic E-state index is -4.76. The molecule has 2 aromatic heterocycles. The van der Waals surface area contributed by atoms with Crippen LogP contribution in [-0.4, -0.2) is 44.6 Å². The molecule has 0 fully saturated rings. The van der Waals surface area contributed by atoms with Crippen molar-refractivity contribution in [2.24, 2.45) is 0 Å². The smallest absolute Gasteiger partial charge is 0.494 e. The van der Waals surface area contributed by atoms with Crippen LogP contribution >= 0.6 is 0 Å². The standard InChI is InChI=1S/C25H23F3N4O6/c26-25(27,28)38-18-5-3-17(4-6-18)35-13-1-2-21(36-19-7-8-20-16(14-19)9-11-29-20)22-10-12-31-15-23(32(33)34)30-24(31)37-22/h3-9,11,14-15,21-22,29H,1-2,10,12-13H2/t21?,22-/m1/s1. The molecule has 2 atom stereocenters. The molecule has 0 radical (unpaired) electrons. The summed E-state index contributed by atoms with van der Waals surface area (Å²) < 4.78 is 60.5. The molecule has 5 rings (SSSR count). The molecule has 0 saturated heterocycles. The lowest BCUT2D eigenvalue weighted by atomic mass is 10.0. The van der Waals surface area contributed by atoms with Crippen LogP contribution in [-0.2, 0) is 6.54 Å². The predicted octanol–water partition coefficient (Wildman–Crippen LogP) is 5.63. The summed E-state index contributed by atoms with van der Waals surface area (Å²) in [5.74, 6) is 0.437. The quantitative estimate of drug-likeness (QED) is 0.160. The SMILES string of the molecule is O=[N+]([O-])c1cn2c(n1)O[C@@H](C(CCCOc1ccc(OC(F)(F)F)cc1)Oc1ccc3[nH]ccc3c1)CC2. The lowest BCUT2D eigenvalue weighted by Crippen LogP contribution is -2.40. The van der Waals surface area contributed by atoms with Crippen molar-refractivity contribution >= 4 is 16.7 Å². The minimum absolute atomic E-state index is 0.167. The number of halogens is 3. The molecule has 1 aliphatic rings. The summed E-state index contributed by atoms with van der Waals surface area (Å²) in [4.78, 5) is 17.6. The second-order valence-corrected chi connectivity index (χ2v) is 8.67. The lowest BCUT2D eigenvalue weighted by Gasteiger charge is -2.30. The Morgan fingerprint density at radius 2 is 1.92 bits per heavy atom. The molecule has 13 heteroatoms. The highest BCUT2D eigenvalue weighted by Crippen LogP contribution is 2.30. The Labute approximate surface area is 214 Å². The third-order valence-corrected chi connectivity index (χ3v) is 6.01. The monoisotopic (exact) mass is 532 g/mol. The largest absolute Gasteiger partial charge is 0.573 e. The van der Waals surface area contributed by atoms with Crippen molar-refractivity contribution in [2.45, 2.75) is 44.4 Å². The van der Waals surface area contributed by atoms with Gasteiger partial charge in [-0.1, -0.05) is 0 Å². The maximum absolute atomic E-state index is 12.3. The van der Waals surface area contributed by atoms with Crippen LogP contribution in [0.4, 0.5) is 19.0 Å². The van der Waals surface area contributed by atoms with E-state index in [1.807, 2.05) is 30.5 Å². The molecule has 1 N–H and O–H groups in total. The van der Waals surface area contributed by atoms with E-state index in [0.717, 1.165) is 10.9 Å². The average molecular weight is 532 g/mol. The molecule has 3 heterocycles. The average Bonchev–Trinajstić information content (AvgIpc) is 3.52. The fourth-order valence-electron chi connectivity index (χ4n) is 4.26. The van der Waals surface area contributed by atoms with Gasteiger partial charge in [0, 0.05) is 35.0 Å². The summed E-state index contributed by atoms with van der Waals surface area (Å²) in [7, 11) is 0. The highest BCUT2D eigenvalue weighted by Gasteiger charge is 2.34. The summed E-state index contributed by atoms with van der Waals surface area (Å²) in [6, 6.07) is 12.9. The number of rotatable bonds is 10. The van der Waals surface area contributed by atoms with Gasteiger partial charge in [0.05, 0.1) is 6.61 Å². The zero-order valence-electron chi connectivity index (χ0n) is 19.9. The minimum Gasteiger partial charge on any atom is -0.494 e. The number of alkyl halides is 3. The molecule has 0 saturated carbocycles. The number of aromatic amines is 1. The highest BCUT2D eigenvalue weighted by atomic mass is 19.4. The van der Waals surface area contributed by atoms with Crippen LogP contribution < -0.4 is 18.9 Å². The zero-order valence-corrected chi connectivity index (χ0v) is 19.9. The Balaban J connectivity index is 1.23. The summed E-state index contributed by atoms with van der Waals surface area (Å²) in [5, 5.41) is 12.1. The number of hydrogen-bond acceptors (Lipinski definition) is 7. The van der Waals surface area contributed by atoms with Gasteiger partial charge in [-0.3, -0.25) is 4.57 Å². The first-order valence-electron chi connectivity index (χ1n) is 11.8. The van der Waals surface area contributed by atoms with E-state index in [1.165, 1.54) is 30.5 Å². The Bertz CT molecular complexity index is 1400. The number of aromatic nitrogens is 3. The van der Waals surface area contributed by atoms with Crippen molar-refractivity contribution < 1.29 is 37.0 Å². The molecule has 0 bridgehead atoms. The first kappa shape index (κ1) is 25.2. The Kier molecular flexibility index (Phi) is 6.99. The molecule has 200 valence electrons. The van der Waals surface area contributed by atoms with E-state index in [1.54, 1.807) is 4.57 Å². The Morgan fingerprint density at radius 1 is 1.16 bits per heavy atom. The van der Waals surface area contributed by atoms with E-state index >= 15 is 0 Å². The van der Waals surface area contributed by atoms with Crippen LogP contribution in [0.1, 0.15) is 19.3 Å². The van der Waals surface area contributed by atoms with Crippen molar-refractivity contribution in [3.05, 3.63) is 71.0 Å². The number of benzene rings is 2. The van der Waals surface area contributed by atoms with Crippen molar-refractivity contribution in [1.82, 2.24) is 14.5 Å². The molecule has 2 aromatic carbocycles. The normalized spacial score (nSPS) is 15.9. The molecule has 4 aromatic rings. The second kappa shape index (κ2) is 10.5. The predicted molar refractivity (Wildman–Crippen MR) is 128 cm³/mol. The van der Waals surface area contributed by atoms with Gasteiger partial charge in [0.25, 0.3) is 0 Å². The summed E-state index contributed by atoms with van der Waals surface area (Å²) in [5.41, 5.74) is 0.970. The van der Waals surface area contributed by atoms with Gasteiger partial charge in [0.2, 0.25) is 0 Å². The molecule has 38 heavy (non-hydrogen) atoms. The first-order valence-corrected chi connectivity index (χ1v) is 11.8. The third-order valence-electron chi connectivity index (χ3n) is 6.01.